The SMILES string of the molecule is COC(=O)c1ccccc1NC(=O)COC(=O)c1cc2c(s1)CCCCC2. The standard InChI is InChI=1S/C20H21NO5S/c1-25-19(23)14-8-5-6-9-15(14)21-18(22)12-26-20(24)17-11-13-7-3-2-4-10-16(13)27-17/h5-6,8-9,11H,2-4,7,10,12H2,1H3,(H,21,22). The Hall–Kier alpha value is -2.67. The van der Waals surface area contributed by atoms with E-state index in [1.165, 1.54) is 35.3 Å². The summed E-state index contributed by atoms with van der Waals surface area (Å²) in [5.74, 6) is -1.56. The molecular formula is C20H21NO5S. The van der Waals surface area contributed by atoms with Crippen LogP contribution in [-0.4, -0.2) is 31.6 Å². The number of esters is 2. The van der Waals surface area contributed by atoms with Crippen molar-refractivity contribution >= 4 is 34.9 Å². The minimum atomic E-state index is -0.553. The maximum absolute atomic E-state index is 12.3. The van der Waals surface area contributed by atoms with Crippen LogP contribution < -0.4 is 5.32 Å². The van der Waals surface area contributed by atoms with E-state index in [0.29, 0.717) is 10.6 Å². The van der Waals surface area contributed by atoms with Crippen LogP contribution in [-0.2, 0) is 27.1 Å². The van der Waals surface area contributed by atoms with Gasteiger partial charge in [0.25, 0.3) is 5.91 Å². The monoisotopic (exact) mass is 387 g/mol. The molecule has 0 atom stereocenters. The van der Waals surface area contributed by atoms with Crippen LogP contribution in [0.25, 0.3) is 0 Å². The number of carbonyl (C=O) groups is 3. The van der Waals surface area contributed by atoms with E-state index in [2.05, 4.69) is 10.1 Å². The summed E-state index contributed by atoms with van der Waals surface area (Å²) in [4.78, 5) is 37.9. The third-order valence-corrected chi connectivity index (χ3v) is 5.61. The molecule has 1 amide bonds. The van der Waals surface area contributed by atoms with Crippen LogP contribution in [0.1, 0.15) is 49.7 Å². The fourth-order valence-electron chi connectivity index (χ4n) is 3.04. The summed E-state index contributed by atoms with van der Waals surface area (Å²) < 4.78 is 9.83. The fraction of sp³-hybridized carbons (Fsp3) is 0.350. The van der Waals surface area contributed by atoms with Gasteiger partial charge < -0.3 is 14.8 Å². The third-order valence-electron chi connectivity index (χ3n) is 4.39. The lowest BCUT2D eigenvalue weighted by Gasteiger charge is -2.09. The highest BCUT2D eigenvalue weighted by Gasteiger charge is 2.19. The molecule has 0 fully saturated rings. The number of anilines is 1. The van der Waals surface area contributed by atoms with Gasteiger partial charge in [0, 0.05) is 4.88 Å². The molecule has 0 unspecified atom stereocenters. The normalized spacial score (nSPS) is 13.2. The van der Waals surface area contributed by atoms with Gasteiger partial charge in [-0.3, -0.25) is 4.79 Å². The zero-order chi connectivity index (χ0) is 19.2. The van der Waals surface area contributed by atoms with Gasteiger partial charge in [-0.25, -0.2) is 9.59 Å². The molecule has 1 heterocycles. The molecule has 3 rings (SSSR count). The first-order chi connectivity index (χ1) is 13.1. The van der Waals surface area contributed by atoms with E-state index in [-0.39, 0.29) is 5.56 Å². The zero-order valence-electron chi connectivity index (χ0n) is 15.1. The molecule has 1 aromatic heterocycles. The lowest BCUT2D eigenvalue weighted by molar-refractivity contribution is -0.119. The average molecular weight is 387 g/mol. The van der Waals surface area contributed by atoms with Crippen molar-refractivity contribution in [2.75, 3.05) is 19.0 Å². The summed E-state index contributed by atoms with van der Waals surface area (Å²) in [5, 5.41) is 2.58. The Morgan fingerprint density at radius 2 is 1.85 bits per heavy atom. The van der Waals surface area contributed by atoms with E-state index in [9.17, 15) is 14.4 Å². The van der Waals surface area contributed by atoms with Crippen molar-refractivity contribution < 1.29 is 23.9 Å². The maximum Gasteiger partial charge on any atom is 0.348 e. The Kier molecular flexibility index (Phi) is 6.24. The first-order valence-electron chi connectivity index (χ1n) is 8.84. The molecule has 0 saturated carbocycles. The average Bonchev–Trinajstić information content (AvgIpc) is 2.96. The van der Waals surface area contributed by atoms with Gasteiger partial charge in [-0.1, -0.05) is 18.6 Å². The van der Waals surface area contributed by atoms with Crippen molar-refractivity contribution in [1.82, 2.24) is 0 Å². The second-order valence-corrected chi connectivity index (χ2v) is 7.42. The van der Waals surface area contributed by atoms with Crippen LogP contribution in [0.5, 0.6) is 0 Å². The summed E-state index contributed by atoms with van der Waals surface area (Å²) in [5.41, 5.74) is 1.77. The number of nitrogens with one attached hydrogen (secondary N) is 1. The molecule has 1 aliphatic carbocycles. The summed E-state index contributed by atoms with van der Waals surface area (Å²) in [6.45, 7) is -0.420. The van der Waals surface area contributed by atoms with Crippen molar-refractivity contribution in [2.45, 2.75) is 32.1 Å². The van der Waals surface area contributed by atoms with Gasteiger partial charge in [0.15, 0.2) is 6.61 Å². The highest BCUT2D eigenvalue weighted by Crippen LogP contribution is 2.29. The number of para-hydroxylation sites is 1. The van der Waals surface area contributed by atoms with Crippen LogP contribution >= 0.6 is 11.3 Å². The number of rotatable bonds is 5. The summed E-state index contributed by atoms with van der Waals surface area (Å²) in [6.07, 6.45) is 5.49. The summed E-state index contributed by atoms with van der Waals surface area (Å²) in [6, 6.07) is 8.38. The molecule has 0 aliphatic heterocycles. The molecule has 0 saturated heterocycles. The summed E-state index contributed by atoms with van der Waals surface area (Å²) >= 11 is 1.45. The largest absolute Gasteiger partial charge is 0.465 e. The van der Waals surface area contributed by atoms with Crippen molar-refractivity contribution in [1.29, 1.82) is 0 Å². The Bertz CT molecular complexity index is 834. The van der Waals surface area contributed by atoms with Gasteiger partial charge in [0.05, 0.1) is 18.4 Å². The lowest BCUT2D eigenvalue weighted by atomic mass is 10.1. The van der Waals surface area contributed by atoms with Crippen LogP contribution in [0.4, 0.5) is 5.69 Å². The highest BCUT2D eigenvalue weighted by molar-refractivity contribution is 7.14. The first-order valence-corrected chi connectivity index (χ1v) is 9.66. The second-order valence-electron chi connectivity index (χ2n) is 6.28. The molecule has 7 heteroatoms. The molecule has 1 aromatic carbocycles. The number of carbonyl (C=O) groups excluding carboxylic acids is 3. The fourth-order valence-corrected chi connectivity index (χ4v) is 4.18. The molecule has 6 nitrogen and oxygen atoms in total. The number of ether oxygens (including phenoxy) is 2. The Balaban J connectivity index is 1.58. The number of thiophene rings is 1. The van der Waals surface area contributed by atoms with E-state index in [1.807, 2.05) is 6.07 Å². The second kappa shape index (κ2) is 8.81. The zero-order valence-corrected chi connectivity index (χ0v) is 15.9. The predicted molar refractivity (Wildman–Crippen MR) is 102 cm³/mol. The van der Waals surface area contributed by atoms with Gasteiger partial charge in [-0.2, -0.15) is 0 Å². The molecule has 0 radical (unpaired) electrons. The third kappa shape index (κ3) is 4.74. The van der Waals surface area contributed by atoms with Crippen molar-refractivity contribution in [3.05, 3.63) is 51.2 Å². The van der Waals surface area contributed by atoms with Crippen molar-refractivity contribution in [2.24, 2.45) is 0 Å². The van der Waals surface area contributed by atoms with E-state index in [0.717, 1.165) is 25.7 Å². The number of aryl methyl sites for hydroxylation is 2. The van der Waals surface area contributed by atoms with Gasteiger partial charge in [0.2, 0.25) is 0 Å². The summed E-state index contributed by atoms with van der Waals surface area (Å²) in [7, 11) is 1.27. The number of fused-ring (bicyclic) bond motifs is 1. The quantitative estimate of drug-likeness (QED) is 0.626. The maximum atomic E-state index is 12.3. The number of hydrogen-bond acceptors (Lipinski definition) is 6. The minimum Gasteiger partial charge on any atom is -0.465 e. The topological polar surface area (TPSA) is 81.7 Å². The van der Waals surface area contributed by atoms with E-state index >= 15 is 0 Å². The molecule has 2 aromatic rings. The Morgan fingerprint density at radius 1 is 1.07 bits per heavy atom. The highest BCUT2D eigenvalue weighted by atomic mass is 32.1. The number of methoxy groups -OCH3 is 1. The molecule has 1 N–H and O–H groups in total. The van der Waals surface area contributed by atoms with Crippen molar-refractivity contribution in [3.8, 4) is 0 Å². The minimum absolute atomic E-state index is 0.238. The van der Waals surface area contributed by atoms with Crippen LogP contribution in [0, 0.1) is 0 Å². The van der Waals surface area contributed by atoms with Gasteiger partial charge in [-0.15, -0.1) is 11.3 Å². The lowest BCUT2D eigenvalue weighted by Crippen LogP contribution is -2.22. The molecular weight excluding hydrogens is 366 g/mol. The van der Waals surface area contributed by atoms with E-state index < -0.39 is 24.5 Å². The number of amides is 1. The Morgan fingerprint density at radius 3 is 2.67 bits per heavy atom. The molecule has 0 spiro atoms. The van der Waals surface area contributed by atoms with E-state index in [4.69, 9.17) is 4.74 Å². The Labute approximate surface area is 161 Å². The predicted octanol–water partition coefficient (Wildman–Crippen LogP) is 3.60. The van der Waals surface area contributed by atoms with Crippen LogP contribution in [0.2, 0.25) is 0 Å². The van der Waals surface area contributed by atoms with Crippen LogP contribution in [0.15, 0.2) is 30.3 Å². The smallest absolute Gasteiger partial charge is 0.348 e. The molecule has 142 valence electrons. The van der Waals surface area contributed by atoms with E-state index in [1.54, 1.807) is 24.3 Å². The number of benzene rings is 1. The number of hydrogen-bond donors (Lipinski definition) is 1. The first kappa shape index (κ1) is 19.1. The van der Waals surface area contributed by atoms with Gasteiger partial charge in [-0.05, 0) is 49.4 Å². The van der Waals surface area contributed by atoms with Crippen molar-refractivity contribution in [3.63, 3.8) is 0 Å². The van der Waals surface area contributed by atoms with Gasteiger partial charge >= 0.3 is 11.9 Å². The van der Waals surface area contributed by atoms with Crippen LogP contribution in [0.3, 0.4) is 0 Å². The molecule has 1 aliphatic rings. The molecule has 27 heavy (non-hydrogen) atoms. The molecule has 0 bridgehead atoms. The van der Waals surface area contributed by atoms with Gasteiger partial charge in [0.1, 0.15) is 4.88 Å².